The summed E-state index contributed by atoms with van der Waals surface area (Å²) in [5.41, 5.74) is 0.594. The van der Waals surface area contributed by atoms with E-state index in [1.807, 2.05) is 0 Å². The largest absolute Gasteiger partial charge is 0.493 e. The molecular weight excluding hydrogens is 358 g/mol. The van der Waals surface area contributed by atoms with Crippen molar-refractivity contribution >= 4 is 17.1 Å². The minimum Gasteiger partial charge on any atom is -0.493 e. The highest BCUT2D eigenvalue weighted by Gasteiger charge is 2.20. The molecular formula is C16H23N5O6. The first-order chi connectivity index (χ1) is 12.9. The molecule has 11 nitrogen and oxygen atoms in total. The number of nitrogens with one attached hydrogen (secondary N) is 1. The number of aliphatic hydroxyl groups excluding tert-OH is 1. The maximum absolute atomic E-state index is 11.4. The number of nitro benzene ring substituents is 1. The monoisotopic (exact) mass is 381 g/mol. The summed E-state index contributed by atoms with van der Waals surface area (Å²) in [5, 5.41) is 30.0. The van der Waals surface area contributed by atoms with Crippen molar-refractivity contribution in [3.8, 4) is 11.5 Å². The van der Waals surface area contributed by atoms with Crippen LogP contribution in [-0.4, -0.2) is 65.9 Å². The van der Waals surface area contributed by atoms with E-state index in [1.54, 1.807) is 13.2 Å². The predicted molar refractivity (Wildman–Crippen MR) is 97.4 cm³/mol. The van der Waals surface area contributed by atoms with Crippen LogP contribution in [-0.2, 0) is 11.4 Å². The van der Waals surface area contributed by atoms with Gasteiger partial charge in [-0.3, -0.25) is 14.8 Å². The first-order valence-corrected chi connectivity index (χ1v) is 8.01. The number of likely N-dealkylation sites (N-methyl/N-ethyl adjacent to an activating group) is 1. The number of benzene rings is 1. The molecule has 1 aromatic carbocycles. The van der Waals surface area contributed by atoms with E-state index < -0.39 is 11.0 Å². The molecule has 2 rings (SSSR count). The van der Waals surface area contributed by atoms with Gasteiger partial charge in [0.15, 0.2) is 11.5 Å². The van der Waals surface area contributed by atoms with Gasteiger partial charge in [0, 0.05) is 19.3 Å². The fraction of sp³-hybridized carbons (Fsp3) is 0.438. The molecule has 0 aliphatic rings. The zero-order valence-electron chi connectivity index (χ0n) is 15.6. The van der Waals surface area contributed by atoms with Crippen LogP contribution in [0, 0.1) is 10.1 Å². The number of aliphatic hydroxyl groups is 1. The number of hydrogen-bond acceptors (Lipinski definition) is 9. The van der Waals surface area contributed by atoms with Gasteiger partial charge in [-0.2, -0.15) is 10.2 Å². The molecule has 0 spiro atoms. The Kier molecular flexibility index (Phi) is 6.93. The maximum atomic E-state index is 11.4. The molecule has 0 aliphatic carbocycles. The van der Waals surface area contributed by atoms with Gasteiger partial charge in [-0.05, 0) is 0 Å². The molecule has 0 saturated heterocycles. The van der Waals surface area contributed by atoms with Crippen LogP contribution in [0.4, 0.5) is 17.1 Å². The fourth-order valence-electron chi connectivity index (χ4n) is 2.45. The standard InChI is InChI=1S/C16H23N5O6/c1-19(27-4)9-12(22)10-20-8-11(7-17-20)18-13-5-15(25-2)16(26-3)6-14(13)21(23)24/h5-8,12,18,22H,9-10H2,1-4H3. The lowest BCUT2D eigenvalue weighted by molar-refractivity contribution is -0.384. The Morgan fingerprint density at radius 3 is 2.59 bits per heavy atom. The van der Waals surface area contributed by atoms with E-state index >= 15 is 0 Å². The Labute approximate surface area is 156 Å². The Morgan fingerprint density at radius 1 is 1.33 bits per heavy atom. The van der Waals surface area contributed by atoms with Crippen molar-refractivity contribution in [1.82, 2.24) is 14.8 Å². The van der Waals surface area contributed by atoms with Gasteiger partial charge in [0.25, 0.3) is 5.69 Å². The molecule has 0 radical (unpaired) electrons. The Balaban J connectivity index is 2.17. The zero-order valence-corrected chi connectivity index (χ0v) is 15.6. The first kappa shape index (κ1) is 20.4. The predicted octanol–water partition coefficient (Wildman–Crippen LogP) is 1.41. The number of aromatic nitrogens is 2. The lowest BCUT2D eigenvalue weighted by Gasteiger charge is -2.17. The molecule has 0 aliphatic heterocycles. The number of methoxy groups -OCH3 is 2. The van der Waals surface area contributed by atoms with Gasteiger partial charge in [-0.25, -0.2) is 0 Å². The van der Waals surface area contributed by atoms with Crippen molar-refractivity contribution in [2.75, 3.05) is 40.2 Å². The molecule has 1 aromatic heterocycles. The van der Waals surface area contributed by atoms with Crippen LogP contribution in [0.25, 0.3) is 0 Å². The van der Waals surface area contributed by atoms with Gasteiger partial charge >= 0.3 is 0 Å². The summed E-state index contributed by atoms with van der Waals surface area (Å²) in [6.45, 7) is 0.545. The number of rotatable bonds is 10. The normalized spacial score (nSPS) is 12.1. The SMILES string of the molecule is COc1cc(Nc2cnn(CC(O)CN(C)OC)c2)c([N+](=O)[O-])cc1OC. The van der Waals surface area contributed by atoms with E-state index in [0.29, 0.717) is 18.0 Å². The van der Waals surface area contributed by atoms with E-state index in [1.165, 1.54) is 49.4 Å². The molecule has 0 bridgehead atoms. The lowest BCUT2D eigenvalue weighted by Crippen LogP contribution is -2.31. The van der Waals surface area contributed by atoms with Gasteiger partial charge < -0.3 is 24.7 Å². The molecule has 27 heavy (non-hydrogen) atoms. The van der Waals surface area contributed by atoms with E-state index in [0.717, 1.165) is 0 Å². The van der Waals surface area contributed by atoms with Gasteiger partial charge in [0.05, 0.1) is 63.4 Å². The third-order valence-electron chi connectivity index (χ3n) is 3.79. The van der Waals surface area contributed by atoms with Gasteiger partial charge in [0.2, 0.25) is 0 Å². The van der Waals surface area contributed by atoms with E-state index in [4.69, 9.17) is 14.3 Å². The molecule has 11 heteroatoms. The van der Waals surface area contributed by atoms with Crippen molar-refractivity contribution < 1.29 is 24.3 Å². The third-order valence-corrected chi connectivity index (χ3v) is 3.79. The van der Waals surface area contributed by atoms with Crippen molar-refractivity contribution in [3.63, 3.8) is 0 Å². The third kappa shape index (κ3) is 5.29. The van der Waals surface area contributed by atoms with Crippen LogP contribution in [0.2, 0.25) is 0 Å². The number of nitro groups is 1. The summed E-state index contributed by atoms with van der Waals surface area (Å²) in [4.78, 5) is 15.8. The van der Waals surface area contributed by atoms with Crippen LogP contribution in [0.1, 0.15) is 0 Å². The molecule has 1 unspecified atom stereocenters. The zero-order chi connectivity index (χ0) is 20.0. The molecule has 148 valence electrons. The van der Waals surface area contributed by atoms with E-state index in [2.05, 4.69) is 10.4 Å². The smallest absolute Gasteiger partial charge is 0.296 e. The van der Waals surface area contributed by atoms with E-state index in [-0.39, 0.29) is 23.7 Å². The Morgan fingerprint density at radius 2 is 2.00 bits per heavy atom. The second kappa shape index (κ2) is 9.16. The second-order valence-corrected chi connectivity index (χ2v) is 5.70. The number of anilines is 2. The molecule has 0 saturated carbocycles. The van der Waals surface area contributed by atoms with Gasteiger partial charge in [0.1, 0.15) is 5.69 Å². The van der Waals surface area contributed by atoms with Crippen LogP contribution in [0.5, 0.6) is 11.5 Å². The summed E-state index contributed by atoms with van der Waals surface area (Å²) >= 11 is 0. The second-order valence-electron chi connectivity index (χ2n) is 5.70. The van der Waals surface area contributed by atoms with Gasteiger partial charge in [-0.15, -0.1) is 0 Å². The quantitative estimate of drug-likeness (QED) is 0.464. The number of nitrogens with zero attached hydrogens (tertiary/aromatic N) is 4. The summed E-state index contributed by atoms with van der Waals surface area (Å²) in [5.74, 6) is 0.617. The van der Waals surface area contributed by atoms with Crippen molar-refractivity contribution in [1.29, 1.82) is 0 Å². The maximum Gasteiger partial charge on any atom is 0.296 e. The first-order valence-electron chi connectivity index (χ1n) is 8.01. The highest BCUT2D eigenvalue weighted by Crippen LogP contribution is 2.38. The summed E-state index contributed by atoms with van der Waals surface area (Å²) < 4.78 is 11.8. The minimum atomic E-state index is -0.696. The molecule has 0 amide bonds. The molecule has 0 fully saturated rings. The van der Waals surface area contributed by atoms with Crippen LogP contribution in [0.15, 0.2) is 24.5 Å². The lowest BCUT2D eigenvalue weighted by atomic mass is 10.2. The Bertz CT molecular complexity index is 781. The fourth-order valence-corrected chi connectivity index (χ4v) is 2.45. The molecule has 2 aromatic rings. The highest BCUT2D eigenvalue weighted by atomic mass is 16.7. The highest BCUT2D eigenvalue weighted by molar-refractivity contribution is 5.73. The van der Waals surface area contributed by atoms with Crippen molar-refractivity contribution in [2.24, 2.45) is 0 Å². The topological polar surface area (TPSA) is 124 Å². The van der Waals surface area contributed by atoms with Crippen LogP contribution in [0.3, 0.4) is 0 Å². The summed E-state index contributed by atoms with van der Waals surface area (Å²) in [6, 6.07) is 2.77. The number of hydrogen-bond donors (Lipinski definition) is 2. The molecule has 1 heterocycles. The molecule has 2 N–H and O–H groups in total. The van der Waals surface area contributed by atoms with Crippen molar-refractivity contribution in [3.05, 3.63) is 34.6 Å². The average molecular weight is 381 g/mol. The summed E-state index contributed by atoms with van der Waals surface area (Å²) in [6.07, 6.45) is 2.45. The van der Waals surface area contributed by atoms with Gasteiger partial charge in [-0.1, -0.05) is 0 Å². The minimum absolute atomic E-state index is 0.165. The average Bonchev–Trinajstić information content (AvgIpc) is 3.07. The number of ether oxygens (including phenoxy) is 2. The van der Waals surface area contributed by atoms with Crippen LogP contribution >= 0.6 is 0 Å². The summed E-state index contributed by atoms with van der Waals surface area (Å²) in [7, 11) is 6.07. The van der Waals surface area contributed by atoms with E-state index in [9.17, 15) is 15.2 Å². The van der Waals surface area contributed by atoms with Crippen LogP contribution < -0.4 is 14.8 Å². The Hall–Kier alpha value is -2.89. The molecule has 1 atom stereocenters. The number of hydroxylamine groups is 2. The van der Waals surface area contributed by atoms with Crippen molar-refractivity contribution in [2.45, 2.75) is 12.6 Å².